The van der Waals surface area contributed by atoms with Gasteiger partial charge in [0.15, 0.2) is 5.82 Å². The summed E-state index contributed by atoms with van der Waals surface area (Å²) in [5, 5.41) is 9.55. The zero-order valence-corrected chi connectivity index (χ0v) is 13.5. The molecule has 0 saturated heterocycles. The molecular formula is C18H14FN5O2. The highest BCUT2D eigenvalue weighted by molar-refractivity contribution is 6.01. The number of carbonyl (C=O) groups excluding carboxylic acids is 2. The molecule has 8 heteroatoms. The summed E-state index contributed by atoms with van der Waals surface area (Å²) in [6.45, 7) is 0. The van der Waals surface area contributed by atoms with Crippen molar-refractivity contribution in [3.05, 3.63) is 60.4 Å². The van der Waals surface area contributed by atoms with Crippen molar-refractivity contribution < 1.29 is 14.0 Å². The fourth-order valence-corrected chi connectivity index (χ4v) is 2.77. The van der Waals surface area contributed by atoms with Gasteiger partial charge in [0.1, 0.15) is 11.9 Å². The van der Waals surface area contributed by atoms with Crippen LogP contribution in [0.5, 0.6) is 0 Å². The largest absolute Gasteiger partial charge is 0.326 e. The number of benzene rings is 2. The van der Waals surface area contributed by atoms with Crippen LogP contribution in [0.1, 0.15) is 12.5 Å². The first-order chi connectivity index (χ1) is 12.6. The number of nitrogens with one attached hydrogen (secondary N) is 2. The average molecular weight is 351 g/mol. The molecule has 130 valence electrons. The lowest BCUT2D eigenvalue weighted by Crippen LogP contribution is -2.23. The van der Waals surface area contributed by atoms with Gasteiger partial charge in [-0.1, -0.05) is 36.4 Å². The monoisotopic (exact) mass is 351 g/mol. The Morgan fingerprint density at radius 3 is 2.77 bits per heavy atom. The second-order valence-electron chi connectivity index (χ2n) is 5.84. The van der Waals surface area contributed by atoms with E-state index in [1.54, 1.807) is 6.07 Å². The molecule has 3 aromatic rings. The molecule has 2 amide bonds. The van der Waals surface area contributed by atoms with Crippen LogP contribution in [0.25, 0.3) is 11.4 Å². The molecule has 0 spiro atoms. The quantitative estimate of drug-likeness (QED) is 0.756. The van der Waals surface area contributed by atoms with E-state index in [2.05, 4.69) is 20.7 Å². The minimum atomic E-state index is -0.802. The van der Waals surface area contributed by atoms with Crippen LogP contribution in [0.4, 0.5) is 16.0 Å². The zero-order chi connectivity index (χ0) is 18.1. The van der Waals surface area contributed by atoms with Crippen molar-refractivity contribution >= 4 is 23.5 Å². The van der Waals surface area contributed by atoms with Crippen LogP contribution in [0.15, 0.2) is 54.6 Å². The van der Waals surface area contributed by atoms with Crippen molar-refractivity contribution in [3.63, 3.8) is 0 Å². The third-order valence-electron chi connectivity index (χ3n) is 3.98. The molecule has 0 saturated carbocycles. The number of hydrogen-bond donors (Lipinski definition) is 2. The predicted octanol–water partition coefficient (Wildman–Crippen LogP) is 2.61. The minimum Gasteiger partial charge on any atom is -0.326 e. The van der Waals surface area contributed by atoms with Gasteiger partial charge in [-0.3, -0.25) is 14.9 Å². The van der Waals surface area contributed by atoms with E-state index in [1.165, 1.54) is 22.9 Å². The van der Waals surface area contributed by atoms with Crippen molar-refractivity contribution in [1.29, 1.82) is 0 Å². The summed E-state index contributed by atoms with van der Waals surface area (Å²) in [7, 11) is 0. The molecule has 2 heterocycles. The highest BCUT2D eigenvalue weighted by Gasteiger charge is 2.35. The number of hydrogen-bond acceptors (Lipinski definition) is 4. The van der Waals surface area contributed by atoms with Gasteiger partial charge in [0.2, 0.25) is 11.9 Å². The number of carbonyl (C=O) groups is 2. The molecule has 2 N–H and O–H groups in total. The molecular weight excluding hydrogens is 337 g/mol. The molecule has 1 atom stereocenters. The van der Waals surface area contributed by atoms with Crippen molar-refractivity contribution in [2.45, 2.75) is 12.5 Å². The van der Waals surface area contributed by atoms with E-state index in [1.807, 2.05) is 30.3 Å². The second-order valence-corrected chi connectivity index (χ2v) is 5.84. The molecule has 1 aromatic heterocycles. The van der Waals surface area contributed by atoms with Crippen LogP contribution in [0, 0.1) is 5.82 Å². The summed E-state index contributed by atoms with van der Waals surface area (Å²) in [6, 6.07) is 14.1. The molecule has 0 fully saturated rings. The molecule has 0 bridgehead atoms. The molecule has 0 radical (unpaired) electrons. The van der Waals surface area contributed by atoms with Crippen LogP contribution in [0.3, 0.4) is 0 Å². The molecule has 1 aliphatic heterocycles. The SMILES string of the molecule is O=C(C[C@H]1C(=O)Nc2nc(-c3ccccc3)nn21)Nc1cccc(F)c1. The maximum atomic E-state index is 13.2. The van der Waals surface area contributed by atoms with E-state index in [-0.39, 0.29) is 12.3 Å². The predicted molar refractivity (Wildman–Crippen MR) is 92.8 cm³/mol. The van der Waals surface area contributed by atoms with Gasteiger partial charge in [-0.25, -0.2) is 9.07 Å². The van der Waals surface area contributed by atoms with E-state index in [0.29, 0.717) is 17.5 Å². The molecule has 7 nitrogen and oxygen atoms in total. The lowest BCUT2D eigenvalue weighted by Gasteiger charge is -2.10. The van der Waals surface area contributed by atoms with Crippen molar-refractivity contribution in [2.24, 2.45) is 0 Å². The van der Waals surface area contributed by atoms with Gasteiger partial charge in [-0.2, -0.15) is 4.98 Å². The lowest BCUT2D eigenvalue weighted by atomic mass is 10.2. The van der Waals surface area contributed by atoms with E-state index in [4.69, 9.17) is 0 Å². The van der Waals surface area contributed by atoms with Crippen LogP contribution < -0.4 is 10.6 Å². The molecule has 4 rings (SSSR count). The first kappa shape index (κ1) is 15.9. The Morgan fingerprint density at radius 2 is 2.00 bits per heavy atom. The van der Waals surface area contributed by atoms with Crippen molar-refractivity contribution in [1.82, 2.24) is 14.8 Å². The number of aromatic nitrogens is 3. The number of anilines is 2. The van der Waals surface area contributed by atoms with Crippen LogP contribution in [-0.2, 0) is 9.59 Å². The highest BCUT2D eigenvalue weighted by Crippen LogP contribution is 2.28. The van der Waals surface area contributed by atoms with Gasteiger partial charge >= 0.3 is 0 Å². The standard InChI is InChI=1S/C18H14FN5O2/c19-12-7-4-8-13(9-12)20-15(25)10-14-17(26)22-18-21-16(23-24(14)18)11-5-2-1-3-6-11/h1-9,14H,10H2,(H,20,25)(H,21,22,23,26)/t14-/m0/s1. The Balaban J connectivity index is 1.52. The number of rotatable bonds is 4. The summed E-state index contributed by atoms with van der Waals surface area (Å²) in [5.74, 6) is -0.449. The van der Waals surface area contributed by atoms with Gasteiger partial charge in [0.25, 0.3) is 5.91 Å². The third-order valence-corrected chi connectivity index (χ3v) is 3.98. The Labute approximate surface area is 147 Å². The summed E-state index contributed by atoms with van der Waals surface area (Å²) in [5.41, 5.74) is 1.14. The normalized spacial score (nSPS) is 15.4. The van der Waals surface area contributed by atoms with E-state index in [9.17, 15) is 14.0 Å². The summed E-state index contributed by atoms with van der Waals surface area (Å²) in [6.07, 6.45) is -0.132. The van der Waals surface area contributed by atoms with Gasteiger partial charge in [0.05, 0.1) is 6.42 Å². The van der Waals surface area contributed by atoms with Crippen LogP contribution in [-0.4, -0.2) is 26.6 Å². The fourth-order valence-electron chi connectivity index (χ4n) is 2.77. The molecule has 0 unspecified atom stereocenters. The Morgan fingerprint density at radius 1 is 1.19 bits per heavy atom. The zero-order valence-electron chi connectivity index (χ0n) is 13.5. The van der Waals surface area contributed by atoms with Gasteiger partial charge < -0.3 is 5.32 Å². The second kappa shape index (κ2) is 6.40. The van der Waals surface area contributed by atoms with Gasteiger partial charge in [-0.05, 0) is 18.2 Å². The van der Waals surface area contributed by atoms with E-state index >= 15 is 0 Å². The van der Waals surface area contributed by atoms with E-state index in [0.717, 1.165) is 5.56 Å². The minimum absolute atomic E-state index is 0.132. The molecule has 26 heavy (non-hydrogen) atoms. The molecule has 1 aliphatic rings. The Bertz CT molecular complexity index is 986. The lowest BCUT2D eigenvalue weighted by molar-refractivity contribution is -0.123. The van der Waals surface area contributed by atoms with Gasteiger partial charge in [-0.15, -0.1) is 5.10 Å². The van der Waals surface area contributed by atoms with Crippen LogP contribution in [0.2, 0.25) is 0 Å². The highest BCUT2D eigenvalue weighted by atomic mass is 19.1. The average Bonchev–Trinajstić information content (AvgIpc) is 3.15. The first-order valence-corrected chi connectivity index (χ1v) is 7.98. The number of nitrogens with zero attached hydrogens (tertiary/aromatic N) is 3. The number of amides is 2. The Hall–Kier alpha value is -3.55. The smallest absolute Gasteiger partial charge is 0.252 e. The maximum absolute atomic E-state index is 13.2. The first-order valence-electron chi connectivity index (χ1n) is 7.98. The third kappa shape index (κ3) is 3.04. The van der Waals surface area contributed by atoms with Crippen molar-refractivity contribution in [3.8, 4) is 11.4 Å². The van der Waals surface area contributed by atoms with Crippen LogP contribution >= 0.6 is 0 Å². The summed E-state index contributed by atoms with van der Waals surface area (Å²) >= 11 is 0. The Kier molecular flexibility index (Phi) is 3.92. The number of fused-ring (bicyclic) bond motifs is 1. The van der Waals surface area contributed by atoms with Gasteiger partial charge in [0, 0.05) is 11.3 Å². The fraction of sp³-hybridized carbons (Fsp3) is 0.111. The summed E-state index contributed by atoms with van der Waals surface area (Å²) in [4.78, 5) is 28.7. The van der Waals surface area contributed by atoms with E-state index < -0.39 is 17.8 Å². The summed E-state index contributed by atoms with van der Waals surface area (Å²) < 4.78 is 14.6. The number of halogens is 1. The molecule has 0 aliphatic carbocycles. The maximum Gasteiger partial charge on any atom is 0.252 e. The topological polar surface area (TPSA) is 88.9 Å². The van der Waals surface area contributed by atoms with Crippen molar-refractivity contribution in [2.75, 3.05) is 10.6 Å². The molecule has 2 aromatic carbocycles.